The fraction of sp³-hybridized carbons (Fsp3) is 0.435. The third kappa shape index (κ3) is 4.82. The van der Waals surface area contributed by atoms with Crippen LogP contribution in [-0.4, -0.2) is 36.0 Å². The molecule has 2 unspecified atom stereocenters. The minimum absolute atomic E-state index is 0.0589. The minimum Gasteiger partial charge on any atom is -0.481 e. The molecular weight excluding hydrogens is 336 g/mol. The number of aryl methyl sites for hydroxylation is 1. The van der Waals surface area contributed by atoms with Crippen LogP contribution >= 0.6 is 0 Å². The maximum Gasteiger partial charge on any atom is 0.263 e. The SMILES string of the molecule is Cc1ccc(C(C)C)c(OC(C)C(=O)N2CCC(Nc3ccccc3)C2)c1. The van der Waals surface area contributed by atoms with Gasteiger partial charge in [-0.25, -0.2) is 0 Å². The summed E-state index contributed by atoms with van der Waals surface area (Å²) in [5.41, 5.74) is 3.38. The van der Waals surface area contributed by atoms with Gasteiger partial charge >= 0.3 is 0 Å². The molecule has 1 aliphatic heterocycles. The molecule has 144 valence electrons. The zero-order chi connectivity index (χ0) is 19.4. The number of anilines is 1. The molecule has 27 heavy (non-hydrogen) atoms. The van der Waals surface area contributed by atoms with Crippen LogP contribution in [0.4, 0.5) is 5.69 Å². The summed E-state index contributed by atoms with van der Waals surface area (Å²) < 4.78 is 6.10. The first-order valence-corrected chi connectivity index (χ1v) is 9.81. The van der Waals surface area contributed by atoms with Gasteiger partial charge in [-0.2, -0.15) is 0 Å². The molecule has 4 nitrogen and oxygen atoms in total. The van der Waals surface area contributed by atoms with Crippen LogP contribution in [0.2, 0.25) is 0 Å². The van der Waals surface area contributed by atoms with Gasteiger partial charge in [0.25, 0.3) is 5.91 Å². The van der Waals surface area contributed by atoms with Gasteiger partial charge in [0.15, 0.2) is 6.10 Å². The molecule has 0 saturated carbocycles. The van der Waals surface area contributed by atoms with E-state index in [9.17, 15) is 4.79 Å². The van der Waals surface area contributed by atoms with E-state index in [0.717, 1.165) is 35.5 Å². The van der Waals surface area contributed by atoms with Gasteiger partial charge in [-0.1, -0.05) is 44.2 Å². The zero-order valence-corrected chi connectivity index (χ0v) is 16.7. The van der Waals surface area contributed by atoms with Gasteiger partial charge in [0.2, 0.25) is 0 Å². The normalized spacial score (nSPS) is 17.8. The molecule has 1 fully saturated rings. The molecular formula is C23H30N2O2. The molecule has 2 atom stereocenters. The number of nitrogens with zero attached hydrogens (tertiary/aromatic N) is 1. The van der Waals surface area contributed by atoms with Crippen molar-refractivity contribution in [3.63, 3.8) is 0 Å². The lowest BCUT2D eigenvalue weighted by atomic mass is 10.0. The van der Waals surface area contributed by atoms with E-state index >= 15 is 0 Å². The Morgan fingerprint density at radius 1 is 1.15 bits per heavy atom. The van der Waals surface area contributed by atoms with Gasteiger partial charge in [-0.15, -0.1) is 0 Å². The summed E-state index contributed by atoms with van der Waals surface area (Å²) in [5.74, 6) is 1.24. The highest BCUT2D eigenvalue weighted by Crippen LogP contribution is 2.29. The largest absolute Gasteiger partial charge is 0.481 e. The van der Waals surface area contributed by atoms with Gasteiger partial charge in [0.05, 0.1) is 0 Å². The third-order valence-corrected chi connectivity index (χ3v) is 5.09. The molecule has 4 heteroatoms. The van der Waals surface area contributed by atoms with Crippen LogP contribution in [0.5, 0.6) is 5.75 Å². The van der Waals surface area contributed by atoms with Crippen LogP contribution in [0.15, 0.2) is 48.5 Å². The van der Waals surface area contributed by atoms with Crippen LogP contribution in [0, 0.1) is 6.92 Å². The van der Waals surface area contributed by atoms with Crippen LogP contribution in [-0.2, 0) is 4.79 Å². The predicted octanol–water partition coefficient (Wildman–Crippen LogP) is 4.60. The van der Waals surface area contributed by atoms with E-state index in [1.54, 1.807) is 0 Å². The minimum atomic E-state index is -0.486. The maximum atomic E-state index is 12.9. The quantitative estimate of drug-likeness (QED) is 0.812. The third-order valence-electron chi connectivity index (χ3n) is 5.09. The second-order valence-corrected chi connectivity index (χ2v) is 7.74. The molecule has 3 rings (SSSR count). The van der Waals surface area contributed by atoms with Crippen molar-refractivity contribution >= 4 is 11.6 Å². The highest BCUT2D eigenvalue weighted by atomic mass is 16.5. The molecule has 2 aromatic rings. The van der Waals surface area contributed by atoms with Crippen molar-refractivity contribution in [2.24, 2.45) is 0 Å². The summed E-state index contributed by atoms with van der Waals surface area (Å²) in [7, 11) is 0. The molecule has 0 spiro atoms. The lowest BCUT2D eigenvalue weighted by Gasteiger charge is -2.24. The van der Waals surface area contributed by atoms with Crippen LogP contribution in [0.3, 0.4) is 0 Å². The number of nitrogens with one attached hydrogen (secondary N) is 1. The Bertz CT molecular complexity index is 773. The first-order chi connectivity index (χ1) is 12.9. The smallest absolute Gasteiger partial charge is 0.263 e. The number of hydrogen-bond acceptors (Lipinski definition) is 3. The van der Waals surface area contributed by atoms with E-state index in [1.165, 1.54) is 0 Å². The number of amides is 1. The molecule has 1 aliphatic rings. The van der Waals surface area contributed by atoms with Crippen molar-refractivity contribution in [2.45, 2.75) is 52.2 Å². The second-order valence-electron chi connectivity index (χ2n) is 7.74. The second kappa shape index (κ2) is 8.47. The summed E-state index contributed by atoms with van der Waals surface area (Å²) >= 11 is 0. The topological polar surface area (TPSA) is 41.6 Å². The van der Waals surface area contributed by atoms with Gasteiger partial charge in [-0.3, -0.25) is 4.79 Å². The van der Waals surface area contributed by atoms with Crippen molar-refractivity contribution in [2.75, 3.05) is 18.4 Å². The van der Waals surface area contributed by atoms with Gasteiger partial charge in [-0.05, 0) is 55.5 Å². The van der Waals surface area contributed by atoms with Gasteiger partial charge < -0.3 is 15.0 Å². The van der Waals surface area contributed by atoms with Crippen LogP contribution in [0.25, 0.3) is 0 Å². The van der Waals surface area contributed by atoms with Gasteiger partial charge in [0, 0.05) is 24.8 Å². The molecule has 1 saturated heterocycles. The maximum absolute atomic E-state index is 12.9. The van der Waals surface area contributed by atoms with Crippen molar-refractivity contribution in [3.8, 4) is 5.75 Å². The molecule has 0 radical (unpaired) electrons. The van der Waals surface area contributed by atoms with E-state index in [1.807, 2.05) is 43.0 Å². The fourth-order valence-electron chi connectivity index (χ4n) is 3.57. The van der Waals surface area contributed by atoms with E-state index in [4.69, 9.17) is 4.74 Å². The molecule has 0 aliphatic carbocycles. The molecule has 1 N–H and O–H groups in total. The summed E-state index contributed by atoms with van der Waals surface area (Å²) in [5, 5.41) is 3.51. The van der Waals surface area contributed by atoms with E-state index in [2.05, 4.69) is 43.4 Å². The lowest BCUT2D eigenvalue weighted by Crippen LogP contribution is -2.40. The Hall–Kier alpha value is -2.49. The summed E-state index contributed by atoms with van der Waals surface area (Å²) in [4.78, 5) is 14.8. The average molecular weight is 367 g/mol. The van der Waals surface area contributed by atoms with E-state index in [0.29, 0.717) is 12.5 Å². The Morgan fingerprint density at radius 3 is 2.59 bits per heavy atom. The number of carbonyl (C=O) groups excluding carboxylic acids is 1. The predicted molar refractivity (Wildman–Crippen MR) is 110 cm³/mol. The van der Waals surface area contributed by atoms with E-state index in [-0.39, 0.29) is 11.9 Å². The standard InChI is InChI=1S/C23H30N2O2/c1-16(2)21-11-10-17(3)14-22(21)27-18(4)23(26)25-13-12-20(15-25)24-19-8-6-5-7-9-19/h5-11,14,16,18,20,24H,12-13,15H2,1-4H3. The Balaban J connectivity index is 1.61. The number of benzene rings is 2. The molecule has 2 aromatic carbocycles. The van der Waals surface area contributed by atoms with Crippen LogP contribution in [0.1, 0.15) is 44.2 Å². The average Bonchev–Trinajstić information content (AvgIpc) is 3.10. The first-order valence-electron chi connectivity index (χ1n) is 9.81. The summed E-state index contributed by atoms with van der Waals surface area (Å²) in [6.45, 7) is 9.67. The fourth-order valence-corrected chi connectivity index (χ4v) is 3.57. The number of likely N-dealkylation sites (tertiary alicyclic amines) is 1. The highest BCUT2D eigenvalue weighted by molar-refractivity contribution is 5.81. The molecule has 0 bridgehead atoms. The summed E-state index contributed by atoms with van der Waals surface area (Å²) in [6, 6.07) is 16.7. The molecule has 1 heterocycles. The van der Waals surface area contributed by atoms with E-state index < -0.39 is 6.10 Å². The van der Waals surface area contributed by atoms with Crippen molar-refractivity contribution in [3.05, 3.63) is 59.7 Å². The number of ether oxygens (including phenoxy) is 1. The lowest BCUT2D eigenvalue weighted by molar-refractivity contribution is -0.136. The first kappa shape index (κ1) is 19.3. The summed E-state index contributed by atoms with van der Waals surface area (Å²) in [6.07, 6.45) is 0.467. The number of para-hydroxylation sites is 1. The van der Waals surface area contributed by atoms with Crippen LogP contribution < -0.4 is 10.1 Å². The molecule has 1 amide bonds. The zero-order valence-electron chi connectivity index (χ0n) is 16.7. The number of carbonyl (C=O) groups is 1. The highest BCUT2D eigenvalue weighted by Gasteiger charge is 2.30. The molecule has 0 aromatic heterocycles. The van der Waals surface area contributed by atoms with Crippen molar-refractivity contribution in [1.82, 2.24) is 4.90 Å². The number of hydrogen-bond donors (Lipinski definition) is 1. The Morgan fingerprint density at radius 2 is 1.89 bits per heavy atom. The van der Waals surface area contributed by atoms with Gasteiger partial charge in [0.1, 0.15) is 5.75 Å². The Kier molecular flexibility index (Phi) is 6.04. The van der Waals surface area contributed by atoms with Crippen molar-refractivity contribution in [1.29, 1.82) is 0 Å². The van der Waals surface area contributed by atoms with Crippen molar-refractivity contribution < 1.29 is 9.53 Å². The number of rotatable bonds is 6. The monoisotopic (exact) mass is 366 g/mol. The Labute approximate surface area is 162 Å².